The van der Waals surface area contributed by atoms with Crippen LogP contribution in [0.4, 0.5) is 13.6 Å². The first-order chi connectivity index (χ1) is 11.1. The van der Waals surface area contributed by atoms with Gasteiger partial charge in [0.1, 0.15) is 11.0 Å². The van der Waals surface area contributed by atoms with E-state index in [4.69, 9.17) is 4.74 Å². The lowest BCUT2D eigenvalue weighted by atomic mass is 10.3. The van der Waals surface area contributed by atoms with Gasteiger partial charge in [0.15, 0.2) is 16.7 Å². The van der Waals surface area contributed by atoms with Gasteiger partial charge in [-0.2, -0.15) is 0 Å². The van der Waals surface area contributed by atoms with Gasteiger partial charge in [-0.25, -0.2) is 13.6 Å². The molecule has 0 spiro atoms. The van der Waals surface area contributed by atoms with Crippen LogP contribution in [0.2, 0.25) is 0 Å². The molecule has 10 heteroatoms. The van der Waals surface area contributed by atoms with Crippen molar-refractivity contribution in [2.24, 2.45) is 0 Å². The Kier molecular flexibility index (Phi) is 4.06. The Balaban J connectivity index is 2.01. The van der Waals surface area contributed by atoms with E-state index in [-0.39, 0.29) is 11.5 Å². The number of aldehydes is 1. The number of carbonyl (C=O) groups is 2. The van der Waals surface area contributed by atoms with Crippen LogP contribution in [0.25, 0.3) is 5.69 Å². The van der Waals surface area contributed by atoms with Crippen LogP contribution in [0.5, 0.6) is 0 Å². The molecule has 1 aromatic carbocycles. The van der Waals surface area contributed by atoms with Crippen LogP contribution in [0.15, 0.2) is 18.2 Å². The van der Waals surface area contributed by atoms with Crippen molar-refractivity contribution in [1.29, 1.82) is 0 Å². The summed E-state index contributed by atoms with van der Waals surface area (Å²) in [5.74, 6) is -1.82. The first-order valence-electron chi connectivity index (χ1n) is 6.77. The lowest BCUT2D eigenvalue weighted by molar-refractivity contribution is -0.663. The van der Waals surface area contributed by atoms with Gasteiger partial charge in [0.25, 0.3) is 0 Å². The predicted molar refractivity (Wildman–Crippen MR) is 70.0 cm³/mol. The molecule has 2 heterocycles. The molecule has 0 bridgehead atoms. The summed E-state index contributed by atoms with van der Waals surface area (Å²) in [6, 6.07) is 2.11. The van der Waals surface area contributed by atoms with Crippen molar-refractivity contribution in [2.75, 3.05) is 26.3 Å². The van der Waals surface area contributed by atoms with Crippen LogP contribution in [0.1, 0.15) is 10.6 Å². The maximum absolute atomic E-state index is 13.8. The molecule has 0 atom stereocenters. The van der Waals surface area contributed by atoms with Crippen molar-refractivity contribution < 1.29 is 27.8 Å². The van der Waals surface area contributed by atoms with E-state index in [9.17, 15) is 18.4 Å². The normalized spacial score (nSPS) is 14.8. The van der Waals surface area contributed by atoms with E-state index in [0.29, 0.717) is 32.6 Å². The average molecular weight is 324 g/mol. The summed E-state index contributed by atoms with van der Waals surface area (Å²) < 4.78 is 33.8. The highest BCUT2D eigenvalue weighted by Crippen LogP contribution is 2.10. The second-order valence-corrected chi connectivity index (χ2v) is 4.76. The fraction of sp³-hybridized carbons (Fsp3) is 0.308. The van der Waals surface area contributed by atoms with Gasteiger partial charge in [-0.1, -0.05) is 4.68 Å². The van der Waals surface area contributed by atoms with Gasteiger partial charge in [-0.05, 0) is 12.1 Å². The number of hydrogen-bond donors (Lipinski definition) is 0. The molecule has 1 saturated heterocycles. The highest BCUT2D eigenvalue weighted by molar-refractivity contribution is 5.81. The summed E-state index contributed by atoms with van der Waals surface area (Å²) in [4.78, 5) is 25.1. The number of morpholine rings is 1. The number of hydrogen-bond acceptors (Lipinski definition) is 5. The SMILES string of the molecule is O=Cc1n(C(=O)N2CCOCC2)nn[n+]1-c1cc(F)ccc1F. The molecular weight excluding hydrogens is 312 g/mol. The van der Waals surface area contributed by atoms with Gasteiger partial charge >= 0.3 is 11.9 Å². The summed E-state index contributed by atoms with van der Waals surface area (Å²) in [5.41, 5.74) is -0.312. The van der Waals surface area contributed by atoms with Crippen molar-refractivity contribution in [2.45, 2.75) is 0 Å². The van der Waals surface area contributed by atoms with E-state index in [1.54, 1.807) is 0 Å². The first-order valence-corrected chi connectivity index (χ1v) is 6.77. The van der Waals surface area contributed by atoms with Gasteiger partial charge in [-0.15, -0.1) is 0 Å². The van der Waals surface area contributed by atoms with Gasteiger partial charge in [-0.3, -0.25) is 4.79 Å². The van der Waals surface area contributed by atoms with Crippen LogP contribution in [0.3, 0.4) is 0 Å². The highest BCUT2D eigenvalue weighted by atomic mass is 19.1. The monoisotopic (exact) mass is 324 g/mol. The molecule has 1 aliphatic heterocycles. The van der Waals surface area contributed by atoms with Gasteiger partial charge < -0.3 is 9.64 Å². The molecule has 1 aromatic heterocycles. The summed E-state index contributed by atoms with van der Waals surface area (Å²) in [5, 5.41) is 7.17. The number of nitrogens with zero attached hydrogens (tertiary/aromatic N) is 5. The quantitative estimate of drug-likeness (QED) is 0.439. The minimum Gasteiger partial charge on any atom is -0.378 e. The Morgan fingerprint density at radius 2 is 2.04 bits per heavy atom. The van der Waals surface area contributed by atoms with Gasteiger partial charge in [0, 0.05) is 23.8 Å². The van der Waals surface area contributed by atoms with Crippen LogP contribution < -0.4 is 4.68 Å². The average Bonchev–Trinajstić information content (AvgIpc) is 3.00. The second kappa shape index (κ2) is 6.16. The van der Waals surface area contributed by atoms with E-state index < -0.39 is 17.7 Å². The van der Waals surface area contributed by atoms with Crippen molar-refractivity contribution in [3.8, 4) is 5.69 Å². The molecule has 23 heavy (non-hydrogen) atoms. The number of aromatic nitrogens is 4. The number of benzene rings is 1. The molecule has 3 rings (SSSR count). The summed E-state index contributed by atoms with van der Waals surface area (Å²) >= 11 is 0. The fourth-order valence-electron chi connectivity index (χ4n) is 2.21. The van der Waals surface area contributed by atoms with E-state index >= 15 is 0 Å². The van der Waals surface area contributed by atoms with Gasteiger partial charge in [0.2, 0.25) is 6.29 Å². The Morgan fingerprint density at radius 3 is 2.74 bits per heavy atom. The molecule has 0 saturated carbocycles. The lowest BCUT2D eigenvalue weighted by Gasteiger charge is -2.23. The number of amides is 1. The van der Waals surface area contributed by atoms with E-state index in [1.807, 2.05) is 0 Å². The Bertz CT molecular complexity index is 758. The van der Waals surface area contributed by atoms with E-state index in [2.05, 4.69) is 10.4 Å². The molecule has 1 aliphatic rings. The van der Waals surface area contributed by atoms with Crippen LogP contribution >= 0.6 is 0 Å². The Morgan fingerprint density at radius 1 is 1.30 bits per heavy atom. The van der Waals surface area contributed by atoms with E-state index in [0.717, 1.165) is 27.6 Å². The zero-order chi connectivity index (χ0) is 16.4. The Hall–Kier alpha value is -2.75. The molecular formula is C13H12F2N5O3+. The molecule has 8 nitrogen and oxygen atoms in total. The van der Waals surface area contributed by atoms with Crippen LogP contribution in [-0.2, 0) is 4.74 Å². The number of ether oxygens (including phenoxy) is 1. The smallest absolute Gasteiger partial charge is 0.378 e. The molecule has 0 radical (unpaired) electrons. The molecule has 0 N–H and O–H groups in total. The molecule has 0 aliphatic carbocycles. The zero-order valence-electron chi connectivity index (χ0n) is 11.9. The predicted octanol–water partition coefficient (Wildman–Crippen LogP) is -0.0542. The molecule has 120 valence electrons. The number of halogens is 2. The van der Waals surface area contributed by atoms with Crippen LogP contribution in [0, 0.1) is 11.6 Å². The standard InChI is InChI=1S/C13H12F2N5O3/c14-9-1-2-10(15)11(7-9)19-12(8-21)20(17-16-19)13(22)18-3-5-23-6-4-18/h1-2,7-8H,3-6H2/q+1. The summed E-state index contributed by atoms with van der Waals surface area (Å²) in [6.07, 6.45) is 0.308. The van der Waals surface area contributed by atoms with Crippen molar-refractivity contribution >= 4 is 12.3 Å². The van der Waals surface area contributed by atoms with Crippen molar-refractivity contribution in [3.63, 3.8) is 0 Å². The molecule has 1 fully saturated rings. The fourth-order valence-corrected chi connectivity index (χ4v) is 2.21. The first kappa shape index (κ1) is 15.2. The number of carbonyl (C=O) groups excluding carboxylic acids is 2. The molecule has 0 unspecified atom stereocenters. The minimum atomic E-state index is -0.801. The van der Waals surface area contributed by atoms with Gasteiger partial charge in [0.05, 0.1) is 13.2 Å². The van der Waals surface area contributed by atoms with Crippen LogP contribution in [-0.4, -0.2) is 58.6 Å². The third-order valence-corrected chi connectivity index (χ3v) is 3.36. The number of tetrazole rings is 1. The second-order valence-electron chi connectivity index (χ2n) is 4.76. The third-order valence-electron chi connectivity index (χ3n) is 3.36. The zero-order valence-corrected chi connectivity index (χ0v) is 11.9. The van der Waals surface area contributed by atoms with E-state index in [1.165, 1.54) is 4.90 Å². The summed E-state index contributed by atoms with van der Waals surface area (Å²) in [7, 11) is 0. The maximum Gasteiger partial charge on any atom is 0.421 e. The highest BCUT2D eigenvalue weighted by Gasteiger charge is 2.33. The summed E-state index contributed by atoms with van der Waals surface area (Å²) in [6.45, 7) is 1.42. The topological polar surface area (TPSA) is 81.2 Å². The lowest BCUT2D eigenvalue weighted by Crippen LogP contribution is -2.45. The maximum atomic E-state index is 13.8. The minimum absolute atomic E-state index is 0.308. The molecule has 1 amide bonds. The molecule has 2 aromatic rings. The van der Waals surface area contributed by atoms with Crippen molar-refractivity contribution in [3.05, 3.63) is 35.7 Å². The Labute approximate surface area is 128 Å². The number of rotatable bonds is 2. The van der Waals surface area contributed by atoms with Crippen molar-refractivity contribution in [1.82, 2.24) is 20.0 Å². The largest absolute Gasteiger partial charge is 0.421 e. The third kappa shape index (κ3) is 2.80.